The zero-order valence-corrected chi connectivity index (χ0v) is 19.1. The molecule has 4 rings (SSSR count). The van der Waals surface area contributed by atoms with E-state index < -0.39 is 49.4 Å². The van der Waals surface area contributed by atoms with Gasteiger partial charge < -0.3 is 4.74 Å². The summed E-state index contributed by atoms with van der Waals surface area (Å²) in [5.41, 5.74) is 0.693. The van der Waals surface area contributed by atoms with E-state index in [1.165, 1.54) is 25.3 Å². The number of amides is 1. The first kappa shape index (κ1) is 23.1. The monoisotopic (exact) mass is 480 g/mol. The third-order valence-electron chi connectivity index (χ3n) is 5.86. The van der Waals surface area contributed by atoms with Crippen LogP contribution in [0, 0.1) is 17.0 Å². The molecule has 0 aromatic heterocycles. The van der Waals surface area contributed by atoms with E-state index in [1.54, 1.807) is 49.4 Å². The Morgan fingerprint density at radius 3 is 2.21 bits per heavy atom. The van der Waals surface area contributed by atoms with Crippen LogP contribution in [0.5, 0.6) is 0 Å². The molecule has 0 unspecified atom stereocenters. The maximum atomic E-state index is 13.9. The molecule has 34 heavy (non-hydrogen) atoms. The van der Waals surface area contributed by atoms with Gasteiger partial charge >= 0.3 is 5.97 Å². The van der Waals surface area contributed by atoms with Gasteiger partial charge in [0.25, 0.3) is 21.6 Å². The lowest BCUT2D eigenvalue weighted by molar-refractivity contribution is -0.387. The van der Waals surface area contributed by atoms with Gasteiger partial charge in [0.1, 0.15) is 5.92 Å². The maximum Gasteiger partial charge on any atom is 0.315 e. The Bertz CT molecular complexity index is 1420. The fraction of sp³-hybridized carbons (Fsp3) is 0.167. The molecule has 0 aliphatic carbocycles. The normalized spacial score (nSPS) is 17.7. The summed E-state index contributed by atoms with van der Waals surface area (Å²) in [6.07, 6.45) is 0. The predicted molar refractivity (Wildman–Crippen MR) is 122 cm³/mol. The van der Waals surface area contributed by atoms with E-state index >= 15 is 0 Å². The highest BCUT2D eigenvalue weighted by molar-refractivity contribution is 7.89. The van der Waals surface area contributed by atoms with Crippen molar-refractivity contribution in [1.29, 1.82) is 0 Å². The molecule has 3 aromatic rings. The van der Waals surface area contributed by atoms with Gasteiger partial charge in [0, 0.05) is 11.6 Å². The fourth-order valence-electron chi connectivity index (χ4n) is 4.31. The van der Waals surface area contributed by atoms with Crippen molar-refractivity contribution >= 4 is 27.6 Å². The topological polar surface area (TPSA) is 124 Å². The van der Waals surface area contributed by atoms with Crippen molar-refractivity contribution < 1.29 is 27.7 Å². The number of rotatable bonds is 5. The highest BCUT2D eigenvalue weighted by Gasteiger charge is 2.51. The van der Waals surface area contributed by atoms with Crippen molar-refractivity contribution in [2.75, 3.05) is 7.11 Å². The Labute approximate surface area is 195 Å². The van der Waals surface area contributed by atoms with Crippen LogP contribution in [0.15, 0.2) is 77.7 Å². The Kier molecular flexibility index (Phi) is 5.92. The van der Waals surface area contributed by atoms with Gasteiger partial charge in [-0.3, -0.25) is 19.7 Å². The molecule has 10 heteroatoms. The average Bonchev–Trinajstić information content (AvgIpc) is 2.83. The van der Waals surface area contributed by atoms with Crippen LogP contribution in [-0.4, -0.2) is 36.6 Å². The second-order valence-electron chi connectivity index (χ2n) is 7.72. The van der Waals surface area contributed by atoms with Gasteiger partial charge in [0.2, 0.25) is 0 Å². The first-order valence-corrected chi connectivity index (χ1v) is 11.7. The van der Waals surface area contributed by atoms with Gasteiger partial charge in [0.05, 0.1) is 18.1 Å². The molecule has 0 spiro atoms. The fourth-order valence-corrected chi connectivity index (χ4v) is 6.03. The smallest absolute Gasteiger partial charge is 0.315 e. The Morgan fingerprint density at radius 2 is 1.56 bits per heavy atom. The van der Waals surface area contributed by atoms with E-state index in [0.29, 0.717) is 21.0 Å². The van der Waals surface area contributed by atoms with Crippen molar-refractivity contribution in [2.45, 2.75) is 23.8 Å². The van der Waals surface area contributed by atoms with Crippen molar-refractivity contribution in [3.05, 3.63) is 105 Å². The molecular weight excluding hydrogens is 460 g/mol. The van der Waals surface area contributed by atoms with Crippen LogP contribution in [0.3, 0.4) is 0 Å². The summed E-state index contributed by atoms with van der Waals surface area (Å²) in [6, 6.07) is 16.4. The number of hydrogen-bond donors (Lipinski definition) is 0. The number of fused-ring (bicyclic) bond motifs is 1. The molecule has 0 saturated heterocycles. The largest absolute Gasteiger partial charge is 0.468 e. The highest BCUT2D eigenvalue weighted by atomic mass is 32.2. The molecule has 1 aliphatic rings. The number of para-hydroxylation sites is 1. The number of carbonyl (C=O) groups excluding carboxylic acids is 2. The second-order valence-corrected chi connectivity index (χ2v) is 9.50. The first-order chi connectivity index (χ1) is 16.2. The molecule has 0 fully saturated rings. The average molecular weight is 480 g/mol. The van der Waals surface area contributed by atoms with Crippen LogP contribution in [0.25, 0.3) is 0 Å². The molecule has 1 amide bonds. The Balaban J connectivity index is 2.08. The standard InChI is InChI=1S/C24H20N2O7S/c1-15-9-3-4-10-16(15)22-21(24(28)33-2)17-11-5-6-12-18(17)23(27)25(22)34(31,32)20-14-8-7-13-19(20)26(29)30/h3-14,21-22H,1-2H3/t21-,22+/m1/s1. The van der Waals surface area contributed by atoms with Crippen molar-refractivity contribution in [3.63, 3.8) is 0 Å². The summed E-state index contributed by atoms with van der Waals surface area (Å²) in [4.78, 5) is 36.9. The Morgan fingerprint density at radius 1 is 0.971 bits per heavy atom. The Hall–Kier alpha value is -4.05. The lowest BCUT2D eigenvalue weighted by Crippen LogP contribution is -2.48. The summed E-state index contributed by atoms with van der Waals surface area (Å²) in [5.74, 6) is -2.81. The number of nitro groups is 1. The molecule has 1 aliphatic heterocycles. The molecule has 0 saturated carbocycles. The van der Waals surface area contributed by atoms with Crippen LogP contribution in [-0.2, 0) is 19.6 Å². The number of sulfonamides is 1. The van der Waals surface area contributed by atoms with Crippen LogP contribution < -0.4 is 0 Å². The molecule has 2 atom stereocenters. The molecule has 1 heterocycles. The van der Waals surface area contributed by atoms with Gasteiger partial charge in [0.15, 0.2) is 4.90 Å². The van der Waals surface area contributed by atoms with Crippen LogP contribution >= 0.6 is 0 Å². The number of ether oxygens (including phenoxy) is 1. The molecule has 0 N–H and O–H groups in total. The lowest BCUT2D eigenvalue weighted by atomic mass is 9.80. The van der Waals surface area contributed by atoms with Crippen molar-refractivity contribution in [2.24, 2.45) is 0 Å². The molecule has 3 aromatic carbocycles. The van der Waals surface area contributed by atoms with E-state index in [-0.39, 0.29) is 5.56 Å². The number of nitrogens with zero attached hydrogens (tertiary/aromatic N) is 2. The zero-order chi connectivity index (χ0) is 24.6. The minimum absolute atomic E-state index is 0.00453. The molecule has 0 bridgehead atoms. The SMILES string of the molecule is COC(=O)[C@@H]1c2ccccc2C(=O)N(S(=O)(=O)c2ccccc2[N+](=O)[O-])[C@H]1c1ccccc1C. The van der Waals surface area contributed by atoms with Gasteiger partial charge in [-0.2, -0.15) is 0 Å². The summed E-state index contributed by atoms with van der Waals surface area (Å²) < 4.78 is 33.5. The van der Waals surface area contributed by atoms with Gasteiger partial charge in [-0.05, 0) is 35.7 Å². The highest BCUT2D eigenvalue weighted by Crippen LogP contribution is 2.47. The van der Waals surface area contributed by atoms with Crippen molar-refractivity contribution in [1.82, 2.24) is 4.31 Å². The first-order valence-electron chi connectivity index (χ1n) is 10.2. The summed E-state index contributed by atoms with van der Waals surface area (Å²) in [6.45, 7) is 1.73. The minimum atomic E-state index is -4.78. The van der Waals surface area contributed by atoms with E-state index in [1.807, 2.05) is 0 Å². The third kappa shape index (κ3) is 3.61. The van der Waals surface area contributed by atoms with E-state index in [2.05, 4.69) is 0 Å². The van der Waals surface area contributed by atoms with Gasteiger partial charge in [-0.15, -0.1) is 0 Å². The quantitative estimate of drug-likeness (QED) is 0.309. The molecule has 174 valence electrons. The van der Waals surface area contributed by atoms with Crippen LogP contribution in [0.1, 0.15) is 39.0 Å². The third-order valence-corrected chi connectivity index (χ3v) is 7.67. The zero-order valence-electron chi connectivity index (χ0n) is 18.2. The number of hydrogen-bond acceptors (Lipinski definition) is 7. The van der Waals surface area contributed by atoms with Crippen LogP contribution in [0.2, 0.25) is 0 Å². The van der Waals surface area contributed by atoms with E-state index in [0.717, 1.165) is 12.1 Å². The minimum Gasteiger partial charge on any atom is -0.468 e. The number of methoxy groups -OCH3 is 1. The summed E-state index contributed by atoms with van der Waals surface area (Å²) >= 11 is 0. The number of carbonyl (C=O) groups is 2. The number of nitro benzene ring substituents is 1. The maximum absolute atomic E-state index is 13.9. The number of aryl methyl sites for hydroxylation is 1. The number of benzene rings is 3. The predicted octanol–water partition coefficient (Wildman–Crippen LogP) is 3.75. The molecule has 0 radical (unpaired) electrons. The summed E-state index contributed by atoms with van der Waals surface area (Å²) in [7, 11) is -3.61. The van der Waals surface area contributed by atoms with Crippen LogP contribution in [0.4, 0.5) is 5.69 Å². The van der Waals surface area contributed by atoms with E-state index in [4.69, 9.17) is 4.74 Å². The van der Waals surface area contributed by atoms with Gasteiger partial charge in [-0.1, -0.05) is 54.6 Å². The number of esters is 1. The van der Waals surface area contributed by atoms with Crippen molar-refractivity contribution in [3.8, 4) is 0 Å². The summed E-state index contributed by atoms with van der Waals surface area (Å²) in [5, 5.41) is 11.6. The second kappa shape index (κ2) is 8.71. The van der Waals surface area contributed by atoms with E-state index in [9.17, 15) is 28.1 Å². The van der Waals surface area contributed by atoms with Gasteiger partial charge in [-0.25, -0.2) is 12.7 Å². The molecular formula is C24H20N2O7S. The lowest BCUT2D eigenvalue weighted by Gasteiger charge is -2.40. The molecule has 9 nitrogen and oxygen atoms in total.